The number of carbonyl (C=O) groups is 2. The van der Waals surface area contributed by atoms with Crippen molar-refractivity contribution in [2.24, 2.45) is 0 Å². The second kappa shape index (κ2) is 17.2. The summed E-state index contributed by atoms with van der Waals surface area (Å²) >= 11 is 0. The topological polar surface area (TPSA) is 217 Å². The summed E-state index contributed by atoms with van der Waals surface area (Å²) in [5, 5.41) is 23.2. The van der Waals surface area contributed by atoms with Gasteiger partial charge in [0.1, 0.15) is 32.8 Å². The van der Waals surface area contributed by atoms with Crippen LogP contribution in [0.15, 0.2) is 94.7 Å². The first kappa shape index (κ1) is 42.3. The van der Waals surface area contributed by atoms with E-state index in [4.69, 9.17) is 20.0 Å². The van der Waals surface area contributed by atoms with Gasteiger partial charge in [-0.3, -0.25) is 0 Å². The third-order valence-electron chi connectivity index (χ3n) is 6.65. The number of rotatable bonds is 8. The number of ether oxygens (including phenoxy) is 2. The van der Waals surface area contributed by atoms with E-state index in [9.17, 15) is 26.4 Å². The maximum atomic E-state index is 12.7. The van der Waals surface area contributed by atoms with Gasteiger partial charge in [0.2, 0.25) is 0 Å². The summed E-state index contributed by atoms with van der Waals surface area (Å²) in [6, 6.07) is 24.1. The number of nitrogens with zero attached hydrogens (tertiary/aromatic N) is 2. The van der Waals surface area contributed by atoms with E-state index in [1.54, 1.807) is 65.8 Å². The Morgan fingerprint density at radius 2 is 0.870 bits per heavy atom. The van der Waals surface area contributed by atoms with Crippen LogP contribution < -0.4 is 29.6 Å². The molecule has 0 spiro atoms. The predicted octanol–water partition coefficient (Wildman–Crippen LogP) is 6.89. The minimum atomic E-state index is -4.26. The Hall–Kier alpha value is -6.10. The van der Waals surface area contributed by atoms with Crippen molar-refractivity contribution in [1.29, 1.82) is 10.5 Å². The van der Waals surface area contributed by atoms with E-state index in [1.807, 2.05) is 59.7 Å². The van der Waals surface area contributed by atoms with Crippen molar-refractivity contribution in [3.05, 3.63) is 107 Å². The van der Waals surface area contributed by atoms with Crippen molar-refractivity contribution < 1.29 is 35.9 Å². The molecular weight excluding hydrogens is 733 g/mol. The molecule has 0 radical (unpaired) electrons. The van der Waals surface area contributed by atoms with E-state index in [2.05, 4.69) is 10.6 Å². The SMILES string of the molecule is Cc1ccc(Oc2ccc(C#N)cc2S(=O)(=O)NC(=O)NC(C)(C)C)cc1.Cc1ccc(Oc2ccc(C#N)cc2S(=O)(=O)NC(=O)NC(C)(C)C)cc1. The fourth-order valence-electron chi connectivity index (χ4n) is 4.30. The Morgan fingerprint density at radius 1 is 0.556 bits per heavy atom. The minimum absolute atomic E-state index is 0.00825. The molecule has 4 aromatic rings. The van der Waals surface area contributed by atoms with Crippen LogP contribution in [0.5, 0.6) is 23.0 Å². The van der Waals surface area contributed by atoms with Gasteiger partial charge in [0, 0.05) is 11.1 Å². The van der Waals surface area contributed by atoms with Crippen LogP contribution in [0.4, 0.5) is 9.59 Å². The van der Waals surface area contributed by atoms with E-state index >= 15 is 0 Å². The van der Waals surface area contributed by atoms with Gasteiger partial charge in [-0.1, -0.05) is 35.4 Å². The normalized spacial score (nSPS) is 11.4. The molecule has 0 fully saturated rings. The lowest BCUT2D eigenvalue weighted by Gasteiger charge is -2.21. The first-order valence-corrected chi connectivity index (χ1v) is 19.2. The molecule has 0 saturated heterocycles. The van der Waals surface area contributed by atoms with Crippen molar-refractivity contribution in [2.75, 3.05) is 0 Å². The summed E-state index contributed by atoms with van der Waals surface area (Å²) in [7, 11) is -8.52. The van der Waals surface area contributed by atoms with Gasteiger partial charge in [0.05, 0.1) is 23.3 Å². The number of aryl methyl sites for hydroxylation is 2. The largest absolute Gasteiger partial charge is 0.456 e. The van der Waals surface area contributed by atoms with Gasteiger partial charge in [-0.25, -0.2) is 35.9 Å². The third kappa shape index (κ3) is 13.1. The Morgan fingerprint density at radius 3 is 1.15 bits per heavy atom. The molecule has 4 amide bonds. The number of carbonyl (C=O) groups excluding carboxylic acids is 2. The molecule has 0 aliphatic rings. The molecule has 0 bridgehead atoms. The second-order valence-corrected chi connectivity index (χ2v) is 17.3. The zero-order valence-electron chi connectivity index (χ0n) is 31.1. The molecule has 14 nitrogen and oxygen atoms in total. The fourth-order valence-corrected chi connectivity index (χ4v) is 6.42. The van der Waals surface area contributed by atoms with Crippen LogP contribution in [0.25, 0.3) is 0 Å². The quantitative estimate of drug-likeness (QED) is 0.145. The van der Waals surface area contributed by atoms with Crippen LogP contribution in [-0.4, -0.2) is 40.0 Å². The number of urea groups is 2. The number of nitrogens with one attached hydrogen (secondary N) is 4. The molecular formula is C38H42N6O8S2. The van der Waals surface area contributed by atoms with Crippen LogP contribution in [0, 0.1) is 36.5 Å². The van der Waals surface area contributed by atoms with Crippen molar-refractivity contribution in [3.63, 3.8) is 0 Å². The highest BCUT2D eigenvalue weighted by atomic mass is 32.2. The number of hydrogen-bond acceptors (Lipinski definition) is 10. The maximum Gasteiger partial charge on any atom is 0.329 e. The minimum Gasteiger partial charge on any atom is -0.456 e. The molecule has 0 atom stereocenters. The standard InChI is InChI=1S/2C19H21N3O4S/c2*1-13-5-8-15(9-6-13)26-16-10-7-14(12-20)11-17(16)27(24,25)22-18(23)21-19(2,3)4/h2*5-11H,1-4H3,(H2,21,22,23). The van der Waals surface area contributed by atoms with Gasteiger partial charge in [0.15, 0.2) is 0 Å². The second-order valence-electron chi connectivity index (χ2n) is 14.0. The summed E-state index contributed by atoms with van der Waals surface area (Å²) in [6.45, 7) is 14.2. The Labute approximate surface area is 316 Å². The molecule has 16 heteroatoms. The lowest BCUT2D eigenvalue weighted by atomic mass is 10.1. The maximum absolute atomic E-state index is 12.7. The van der Waals surface area contributed by atoms with E-state index in [0.717, 1.165) is 23.3 Å². The van der Waals surface area contributed by atoms with Gasteiger partial charge in [-0.15, -0.1) is 0 Å². The van der Waals surface area contributed by atoms with Gasteiger partial charge in [0.25, 0.3) is 20.0 Å². The molecule has 0 aliphatic carbocycles. The third-order valence-corrected chi connectivity index (χ3v) is 9.36. The summed E-state index contributed by atoms with van der Waals surface area (Å²) in [6.07, 6.45) is 0. The van der Waals surface area contributed by atoms with Crippen LogP contribution in [-0.2, 0) is 20.0 Å². The van der Waals surface area contributed by atoms with Gasteiger partial charge >= 0.3 is 12.1 Å². The Balaban J connectivity index is 0.000000290. The van der Waals surface area contributed by atoms with Crippen LogP contribution in [0.2, 0.25) is 0 Å². The zero-order chi connectivity index (χ0) is 40.5. The Bertz CT molecular complexity index is 2140. The average molecular weight is 775 g/mol. The molecule has 4 rings (SSSR count). The fraction of sp³-hybridized carbons (Fsp3) is 0.263. The number of hydrogen-bond donors (Lipinski definition) is 4. The van der Waals surface area contributed by atoms with Crippen molar-refractivity contribution in [1.82, 2.24) is 20.1 Å². The van der Waals surface area contributed by atoms with Crippen molar-refractivity contribution >= 4 is 32.1 Å². The first-order valence-electron chi connectivity index (χ1n) is 16.3. The summed E-state index contributed by atoms with van der Waals surface area (Å²) < 4.78 is 66.0. The summed E-state index contributed by atoms with van der Waals surface area (Å²) in [4.78, 5) is 23.4. The number of nitriles is 2. The first-order chi connectivity index (χ1) is 25.0. The van der Waals surface area contributed by atoms with E-state index in [-0.39, 0.29) is 32.4 Å². The number of amides is 4. The highest BCUT2D eigenvalue weighted by Crippen LogP contribution is 2.31. The van der Waals surface area contributed by atoms with Crippen LogP contribution >= 0.6 is 0 Å². The van der Waals surface area contributed by atoms with E-state index < -0.39 is 43.2 Å². The van der Waals surface area contributed by atoms with E-state index in [1.165, 1.54) is 24.3 Å². The van der Waals surface area contributed by atoms with E-state index in [0.29, 0.717) is 11.5 Å². The highest BCUT2D eigenvalue weighted by Gasteiger charge is 2.27. The highest BCUT2D eigenvalue weighted by molar-refractivity contribution is 7.90. The molecule has 284 valence electrons. The molecule has 0 heterocycles. The molecule has 0 aliphatic heterocycles. The molecule has 0 saturated carbocycles. The lowest BCUT2D eigenvalue weighted by molar-refractivity contribution is 0.236. The molecule has 54 heavy (non-hydrogen) atoms. The molecule has 4 N–H and O–H groups in total. The lowest BCUT2D eigenvalue weighted by Crippen LogP contribution is -2.48. The van der Waals surface area contributed by atoms with Crippen molar-refractivity contribution in [3.8, 4) is 35.1 Å². The van der Waals surface area contributed by atoms with Crippen molar-refractivity contribution in [2.45, 2.75) is 76.3 Å². The van der Waals surface area contributed by atoms with Gasteiger partial charge in [-0.05, 0) is 116 Å². The predicted molar refractivity (Wildman–Crippen MR) is 202 cm³/mol. The molecule has 4 aromatic carbocycles. The Kier molecular flexibility index (Phi) is 13.4. The summed E-state index contributed by atoms with van der Waals surface area (Å²) in [5.41, 5.74) is 1.07. The molecule has 0 aromatic heterocycles. The van der Waals surface area contributed by atoms with Gasteiger partial charge in [-0.2, -0.15) is 10.5 Å². The number of benzene rings is 4. The summed E-state index contributed by atoms with van der Waals surface area (Å²) in [5.74, 6) is 0.879. The van der Waals surface area contributed by atoms with Gasteiger partial charge < -0.3 is 20.1 Å². The van der Waals surface area contributed by atoms with Crippen LogP contribution in [0.3, 0.4) is 0 Å². The monoisotopic (exact) mass is 774 g/mol. The van der Waals surface area contributed by atoms with Crippen LogP contribution in [0.1, 0.15) is 63.8 Å². The smallest absolute Gasteiger partial charge is 0.329 e. The average Bonchev–Trinajstić information content (AvgIpc) is 3.05. The zero-order valence-corrected chi connectivity index (χ0v) is 32.7. The number of sulfonamides is 2. The molecule has 0 unspecified atom stereocenters.